The van der Waals surface area contributed by atoms with Crippen LogP contribution in [0.25, 0.3) is 60.6 Å². The van der Waals surface area contributed by atoms with Crippen LogP contribution in [0.3, 0.4) is 0 Å². The minimum atomic E-state index is -0.352. The van der Waals surface area contributed by atoms with Gasteiger partial charge < -0.3 is 14.7 Å². The molecule has 0 saturated heterocycles. The number of nitrogens with zero attached hydrogens (tertiary/aromatic N) is 3. The van der Waals surface area contributed by atoms with Crippen LogP contribution in [0.4, 0.5) is 0 Å². The van der Waals surface area contributed by atoms with Gasteiger partial charge in [0.05, 0.1) is 11.0 Å². The summed E-state index contributed by atoms with van der Waals surface area (Å²) in [7, 11) is 0. The highest BCUT2D eigenvalue weighted by Gasteiger charge is 2.13. The number of aliphatic imine (C=N–C) groups is 2. The third-order valence-electron chi connectivity index (χ3n) is 9.17. The quantitative estimate of drug-likeness (QED) is 0.0939. The van der Waals surface area contributed by atoms with Gasteiger partial charge in [-0.05, 0) is 55.1 Å². The highest BCUT2D eigenvalue weighted by molar-refractivity contribution is 6.11. The summed E-state index contributed by atoms with van der Waals surface area (Å²) < 4.78 is 8.34. The maximum atomic E-state index is 6.16. The Morgan fingerprint density at radius 3 is 2.00 bits per heavy atom. The van der Waals surface area contributed by atoms with Gasteiger partial charge in [-0.25, -0.2) is 4.99 Å². The van der Waals surface area contributed by atoms with Gasteiger partial charge in [-0.2, -0.15) is 0 Å². The summed E-state index contributed by atoms with van der Waals surface area (Å²) in [5, 5.41) is 4.80. The molecule has 2 heterocycles. The molecular weight excluding hydrogens is 637 g/mol. The van der Waals surface area contributed by atoms with E-state index in [-0.39, 0.29) is 6.17 Å². The van der Waals surface area contributed by atoms with Crippen LogP contribution in [0.2, 0.25) is 0 Å². The van der Waals surface area contributed by atoms with E-state index in [1.165, 1.54) is 32.7 Å². The fourth-order valence-corrected chi connectivity index (χ4v) is 6.68. The van der Waals surface area contributed by atoms with Crippen molar-refractivity contribution in [3.05, 3.63) is 188 Å². The molecule has 0 aliphatic carbocycles. The van der Waals surface area contributed by atoms with Gasteiger partial charge in [0, 0.05) is 44.8 Å². The molecule has 0 aliphatic heterocycles. The maximum absolute atomic E-state index is 6.16. The number of aryl methyl sites for hydroxylation is 1. The molecule has 0 spiro atoms. The molecule has 1 atom stereocenters. The minimum Gasteiger partial charge on any atom is -0.455 e. The first kappa shape index (κ1) is 33.8. The fraction of sp³-hybridized carbons (Fsp3) is 0.0638. The lowest BCUT2D eigenvalue weighted by Crippen LogP contribution is -2.16. The number of amidine groups is 1. The fourth-order valence-electron chi connectivity index (χ4n) is 6.68. The molecule has 5 heteroatoms. The molecule has 254 valence electrons. The van der Waals surface area contributed by atoms with Gasteiger partial charge >= 0.3 is 0 Å². The predicted molar refractivity (Wildman–Crippen MR) is 222 cm³/mol. The topological polar surface area (TPSA) is 68.8 Å². The highest BCUT2D eigenvalue weighted by atomic mass is 16.3. The van der Waals surface area contributed by atoms with Crippen LogP contribution < -0.4 is 5.73 Å². The molecule has 2 N–H and O–H groups in total. The minimum absolute atomic E-state index is 0.352. The lowest BCUT2D eigenvalue weighted by molar-refractivity contribution is 0.670. The smallest absolute Gasteiger partial charge is 0.144 e. The van der Waals surface area contributed by atoms with Crippen molar-refractivity contribution in [3.8, 4) is 11.1 Å². The van der Waals surface area contributed by atoms with Gasteiger partial charge in [-0.3, -0.25) is 4.99 Å². The second-order valence-corrected chi connectivity index (χ2v) is 12.5. The molecule has 0 aliphatic rings. The van der Waals surface area contributed by atoms with Crippen LogP contribution in [0, 0.1) is 6.92 Å². The first-order valence-corrected chi connectivity index (χ1v) is 17.4. The Kier molecular flexibility index (Phi) is 10.0. The van der Waals surface area contributed by atoms with Crippen LogP contribution in [0.1, 0.15) is 17.5 Å². The largest absolute Gasteiger partial charge is 0.455 e. The zero-order chi connectivity index (χ0) is 35.9. The number of rotatable bonds is 9. The van der Waals surface area contributed by atoms with E-state index >= 15 is 0 Å². The SMILES string of the molecule is C=C/C=C(\C=C/CC(N=C)/N=C(\N)c1ccccc1)n1c2ccccc2c2ccccc21.Cc1ccccc1-c1cccc2c1oc1ccccc12. The molecule has 0 amide bonds. The summed E-state index contributed by atoms with van der Waals surface area (Å²) in [6, 6.07) is 49.5. The average molecular weight is 677 g/mol. The lowest BCUT2D eigenvalue weighted by atomic mass is 9.98. The van der Waals surface area contributed by atoms with Gasteiger partial charge in [0.15, 0.2) is 0 Å². The Morgan fingerprint density at radius 2 is 1.31 bits per heavy atom. The van der Waals surface area contributed by atoms with E-state index in [9.17, 15) is 0 Å². The number of hydrogen-bond donors (Lipinski definition) is 1. The van der Waals surface area contributed by atoms with Gasteiger partial charge in [0.25, 0.3) is 0 Å². The number of hydrogen-bond acceptors (Lipinski definition) is 3. The van der Waals surface area contributed by atoms with Gasteiger partial charge in [-0.15, -0.1) is 0 Å². The summed E-state index contributed by atoms with van der Waals surface area (Å²) in [6.07, 6.45) is 8.18. The molecule has 0 radical (unpaired) electrons. The summed E-state index contributed by atoms with van der Waals surface area (Å²) >= 11 is 0. The van der Waals surface area contributed by atoms with Crippen LogP contribution >= 0.6 is 0 Å². The second kappa shape index (κ2) is 15.4. The van der Waals surface area contributed by atoms with Crippen LogP contribution in [-0.4, -0.2) is 23.3 Å². The standard InChI is InChI=1S/C28H26N4.C19H14O/c1-3-12-22(15-11-20-27(30-2)31-28(29)21-13-5-4-6-14-21)32-25-18-9-7-16-23(25)24-17-8-10-19-26(24)32;1-13-7-2-3-8-14(13)16-10-6-11-17-15-9-4-5-12-18(15)20-19(16)17/h3-19,27H,1-2,20H2,(H2,29,31);2-12H,1H3/b15-11-,22-12+;. The number of furan rings is 1. The predicted octanol–water partition coefficient (Wildman–Crippen LogP) is 11.8. The third-order valence-corrected chi connectivity index (χ3v) is 9.17. The zero-order valence-electron chi connectivity index (χ0n) is 29.2. The van der Waals surface area contributed by atoms with Gasteiger partial charge in [-0.1, -0.05) is 146 Å². The first-order chi connectivity index (χ1) is 25.6. The summed E-state index contributed by atoms with van der Waals surface area (Å²) in [5.74, 6) is 0.459. The van der Waals surface area contributed by atoms with Crippen molar-refractivity contribution < 1.29 is 4.42 Å². The van der Waals surface area contributed by atoms with Crippen molar-refractivity contribution >= 4 is 62.0 Å². The molecule has 2 aromatic heterocycles. The molecule has 0 bridgehead atoms. The molecular formula is C47H40N4O. The Bertz CT molecular complexity index is 2570. The molecule has 52 heavy (non-hydrogen) atoms. The number of allylic oxidation sites excluding steroid dienone is 4. The van der Waals surface area contributed by atoms with E-state index in [0.717, 1.165) is 39.0 Å². The summed E-state index contributed by atoms with van der Waals surface area (Å²) in [6.45, 7) is 9.74. The van der Waals surface area contributed by atoms with Crippen molar-refractivity contribution in [1.29, 1.82) is 0 Å². The molecule has 8 aromatic rings. The molecule has 0 fully saturated rings. The Morgan fingerprint density at radius 1 is 0.712 bits per heavy atom. The monoisotopic (exact) mass is 676 g/mol. The number of benzene rings is 6. The van der Waals surface area contributed by atoms with Crippen LogP contribution in [0.15, 0.2) is 191 Å². The summed E-state index contributed by atoms with van der Waals surface area (Å²) in [4.78, 5) is 8.68. The number of nitrogens with two attached hydrogens (primary N) is 1. The Balaban J connectivity index is 0.000000179. The Labute approximate surface area is 304 Å². The third kappa shape index (κ3) is 6.85. The highest BCUT2D eigenvalue weighted by Crippen LogP contribution is 2.36. The van der Waals surface area contributed by atoms with E-state index in [1.807, 2.05) is 48.5 Å². The van der Waals surface area contributed by atoms with Crippen molar-refractivity contribution in [3.63, 3.8) is 0 Å². The van der Waals surface area contributed by atoms with Gasteiger partial charge in [0.1, 0.15) is 23.2 Å². The van der Waals surface area contributed by atoms with Crippen molar-refractivity contribution in [2.24, 2.45) is 15.7 Å². The lowest BCUT2D eigenvalue weighted by Gasteiger charge is -2.10. The molecule has 6 aromatic carbocycles. The molecule has 8 rings (SSSR count). The van der Waals surface area contributed by atoms with Crippen LogP contribution in [0.5, 0.6) is 0 Å². The van der Waals surface area contributed by atoms with E-state index in [4.69, 9.17) is 10.2 Å². The van der Waals surface area contributed by atoms with E-state index in [1.54, 1.807) is 6.08 Å². The van der Waals surface area contributed by atoms with E-state index in [0.29, 0.717) is 12.3 Å². The molecule has 1 unspecified atom stereocenters. The number of aromatic nitrogens is 1. The normalized spacial score (nSPS) is 12.7. The van der Waals surface area contributed by atoms with E-state index in [2.05, 4.69) is 150 Å². The second-order valence-electron chi connectivity index (χ2n) is 12.5. The van der Waals surface area contributed by atoms with Crippen LogP contribution in [-0.2, 0) is 0 Å². The molecule has 0 saturated carbocycles. The number of fused-ring (bicyclic) bond motifs is 6. The van der Waals surface area contributed by atoms with Crippen molar-refractivity contribution in [2.45, 2.75) is 19.5 Å². The Hall–Kier alpha value is -6.72. The number of para-hydroxylation sites is 4. The zero-order valence-corrected chi connectivity index (χ0v) is 29.2. The van der Waals surface area contributed by atoms with Crippen molar-refractivity contribution in [2.75, 3.05) is 0 Å². The maximum Gasteiger partial charge on any atom is 0.144 e. The van der Waals surface area contributed by atoms with Gasteiger partial charge in [0.2, 0.25) is 0 Å². The molecule has 5 nitrogen and oxygen atoms in total. The van der Waals surface area contributed by atoms with E-state index < -0.39 is 0 Å². The summed E-state index contributed by atoms with van der Waals surface area (Å²) in [5.41, 5.74) is 15.9. The first-order valence-electron chi connectivity index (χ1n) is 17.4. The average Bonchev–Trinajstić information content (AvgIpc) is 3.74. The van der Waals surface area contributed by atoms with Crippen molar-refractivity contribution in [1.82, 2.24) is 4.57 Å².